The van der Waals surface area contributed by atoms with Gasteiger partial charge in [-0.2, -0.15) is 23.2 Å². The van der Waals surface area contributed by atoms with Crippen LogP contribution in [0.4, 0.5) is 0 Å². The Morgan fingerprint density at radius 3 is 2.64 bits per heavy atom. The van der Waals surface area contributed by atoms with Gasteiger partial charge in [0.15, 0.2) is 5.03 Å². The number of hydrogen-bond acceptors (Lipinski definition) is 7. The van der Waals surface area contributed by atoms with Crippen LogP contribution in [0.15, 0.2) is 70.9 Å². The van der Waals surface area contributed by atoms with E-state index in [4.69, 9.17) is 0 Å². The van der Waals surface area contributed by atoms with E-state index in [1.807, 2.05) is 36.4 Å². The molecule has 0 amide bonds. The van der Waals surface area contributed by atoms with E-state index in [9.17, 15) is 13.7 Å². The van der Waals surface area contributed by atoms with Crippen molar-refractivity contribution >= 4 is 15.7 Å². The summed E-state index contributed by atoms with van der Waals surface area (Å²) in [5.41, 5.74) is 8.22. The van der Waals surface area contributed by atoms with E-state index < -0.39 is 10.0 Å². The number of nitriles is 1. The van der Waals surface area contributed by atoms with Gasteiger partial charge >= 0.3 is 0 Å². The van der Waals surface area contributed by atoms with Crippen molar-refractivity contribution in [3.05, 3.63) is 82.5 Å². The number of nitrogens with zero attached hydrogens (tertiary/aromatic N) is 4. The quantitative estimate of drug-likeness (QED) is 0.814. The maximum atomic E-state index is 13.0. The first kappa shape index (κ1) is 18.0. The van der Waals surface area contributed by atoms with E-state index >= 15 is 0 Å². The molecule has 2 aliphatic rings. The predicted molar refractivity (Wildman–Crippen MR) is 105 cm³/mol. The summed E-state index contributed by atoms with van der Waals surface area (Å²) in [6.45, 7) is 0.157. The van der Waals surface area contributed by atoms with Crippen LogP contribution in [0.3, 0.4) is 0 Å². The highest BCUT2D eigenvalue weighted by molar-refractivity contribution is 7.92. The van der Waals surface area contributed by atoms with Crippen LogP contribution in [0.1, 0.15) is 22.6 Å². The van der Waals surface area contributed by atoms with Gasteiger partial charge in [-0.3, -0.25) is 10.4 Å². The standard InChI is InChI=1S/C19H18N6O2S/c1-24-13-18(21-23-24)28(26,27)25-12-17(16-9-5-6-14(10-16)11-20)19(22-25)15-7-3-2-4-8-15/h2-10,13,17,21,23H,12H2,1H3. The zero-order chi connectivity index (χ0) is 19.7. The van der Waals surface area contributed by atoms with Crippen LogP contribution >= 0.6 is 0 Å². The second-order valence-electron chi connectivity index (χ2n) is 6.49. The minimum Gasteiger partial charge on any atom is -0.298 e. The molecule has 2 heterocycles. The topological polar surface area (TPSA) is 101 Å². The molecule has 28 heavy (non-hydrogen) atoms. The summed E-state index contributed by atoms with van der Waals surface area (Å²) < 4.78 is 27.2. The zero-order valence-corrected chi connectivity index (χ0v) is 15.9. The van der Waals surface area contributed by atoms with E-state index in [2.05, 4.69) is 22.1 Å². The van der Waals surface area contributed by atoms with Crippen molar-refractivity contribution in [2.75, 3.05) is 13.6 Å². The van der Waals surface area contributed by atoms with Gasteiger partial charge < -0.3 is 0 Å². The average Bonchev–Trinajstić information content (AvgIpc) is 3.36. The van der Waals surface area contributed by atoms with E-state index in [1.54, 1.807) is 25.2 Å². The Balaban J connectivity index is 1.76. The van der Waals surface area contributed by atoms with Crippen LogP contribution < -0.4 is 11.0 Å². The monoisotopic (exact) mass is 394 g/mol. The van der Waals surface area contributed by atoms with Gasteiger partial charge in [-0.05, 0) is 23.3 Å². The van der Waals surface area contributed by atoms with E-state index in [0.29, 0.717) is 11.3 Å². The number of hydrazine groups is 2. The fourth-order valence-corrected chi connectivity index (χ4v) is 4.44. The molecule has 0 bridgehead atoms. The molecular weight excluding hydrogens is 376 g/mol. The van der Waals surface area contributed by atoms with Crippen molar-refractivity contribution in [2.24, 2.45) is 5.10 Å². The molecule has 9 heteroatoms. The summed E-state index contributed by atoms with van der Waals surface area (Å²) in [5.74, 6) is -0.279. The van der Waals surface area contributed by atoms with Crippen molar-refractivity contribution in [3.63, 3.8) is 0 Å². The summed E-state index contributed by atoms with van der Waals surface area (Å²) >= 11 is 0. The molecule has 2 aromatic rings. The third-order valence-electron chi connectivity index (χ3n) is 4.60. The minimum atomic E-state index is -3.84. The third kappa shape index (κ3) is 3.19. The molecule has 1 unspecified atom stereocenters. The minimum absolute atomic E-state index is 0.0255. The molecule has 1 atom stereocenters. The van der Waals surface area contributed by atoms with Crippen molar-refractivity contribution in [1.29, 1.82) is 5.26 Å². The Labute approximate surface area is 163 Å². The van der Waals surface area contributed by atoms with Gasteiger partial charge in [0.05, 0.1) is 30.1 Å². The summed E-state index contributed by atoms with van der Waals surface area (Å²) in [6.07, 6.45) is 1.46. The molecule has 4 rings (SSSR count). The van der Waals surface area contributed by atoms with Crippen LogP contribution in [0.2, 0.25) is 0 Å². The fraction of sp³-hybridized carbons (Fsp3) is 0.158. The second-order valence-corrected chi connectivity index (χ2v) is 8.30. The van der Waals surface area contributed by atoms with E-state index in [-0.39, 0.29) is 17.5 Å². The highest BCUT2D eigenvalue weighted by Gasteiger charge is 2.38. The molecule has 0 radical (unpaired) electrons. The molecule has 2 aromatic carbocycles. The number of sulfonamides is 1. The van der Waals surface area contributed by atoms with Gasteiger partial charge in [-0.25, -0.2) is 0 Å². The highest BCUT2D eigenvalue weighted by Crippen LogP contribution is 2.32. The van der Waals surface area contributed by atoms with Crippen LogP contribution in [-0.4, -0.2) is 37.1 Å². The lowest BCUT2D eigenvalue weighted by Gasteiger charge is -2.17. The lowest BCUT2D eigenvalue weighted by Crippen LogP contribution is -2.37. The molecular formula is C19H18N6O2S. The van der Waals surface area contributed by atoms with Crippen LogP contribution in [0.25, 0.3) is 0 Å². The fourth-order valence-electron chi connectivity index (χ4n) is 3.21. The Morgan fingerprint density at radius 1 is 1.18 bits per heavy atom. The summed E-state index contributed by atoms with van der Waals surface area (Å²) in [5, 5.41) is 15.2. The Kier molecular flexibility index (Phi) is 4.50. The van der Waals surface area contributed by atoms with Gasteiger partial charge in [0, 0.05) is 13.0 Å². The summed E-state index contributed by atoms with van der Waals surface area (Å²) in [7, 11) is -2.15. The SMILES string of the molecule is CN1C=C(S(=O)(=O)N2CC(c3cccc(C#N)c3)C(c3ccccc3)=N2)NN1. The molecule has 0 aromatic heterocycles. The van der Waals surface area contributed by atoms with Gasteiger partial charge in [0.2, 0.25) is 0 Å². The highest BCUT2D eigenvalue weighted by atomic mass is 32.2. The molecule has 142 valence electrons. The zero-order valence-electron chi connectivity index (χ0n) is 15.1. The van der Waals surface area contributed by atoms with Crippen LogP contribution in [0, 0.1) is 11.3 Å². The van der Waals surface area contributed by atoms with Crippen molar-refractivity contribution in [3.8, 4) is 6.07 Å². The number of rotatable bonds is 4. The van der Waals surface area contributed by atoms with Crippen LogP contribution in [0.5, 0.6) is 0 Å². The van der Waals surface area contributed by atoms with Crippen molar-refractivity contribution < 1.29 is 8.42 Å². The first-order valence-corrected chi connectivity index (χ1v) is 10.1. The van der Waals surface area contributed by atoms with Gasteiger partial charge in [-0.1, -0.05) is 42.5 Å². The molecule has 8 nitrogen and oxygen atoms in total. The Bertz CT molecular complexity index is 1100. The Morgan fingerprint density at radius 2 is 1.96 bits per heavy atom. The molecule has 0 saturated heterocycles. The third-order valence-corrected chi connectivity index (χ3v) is 6.15. The number of hydrazone groups is 1. The van der Waals surface area contributed by atoms with Crippen molar-refractivity contribution in [1.82, 2.24) is 20.4 Å². The smallest absolute Gasteiger partial charge is 0.297 e. The summed E-state index contributed by atoms with van der Waals surface area (Å²) in [6, 6.07) is 18.8. The Hall–Kier alpha value is -3.35. The molecule has 0 saturated carbocycles. The number of hydrogen-bond donors (Lipinski definition) is 2. The number of nitrogens with one attached hydrogen (secondary N) is 2. The van der Waals surface area contributed by atoms with Gasteiger partial charge in [-0.15, -0.1) is 5.53 Å². The lowest BCUT2D eigenvalue weighted by atomic mass is 9.90. The predicted octanol–water partition coefficient (Wildman–Crippen LogP) is 1.45. The van der Waals surface area contributed by atoms with Crippen LogP contribution in [-0.2, 0) is 10.0 Å². The first-order chi connectivity index (χ1) is 13.5. The lowest BCUT2D eigenvalue weighted by molar-refractivity contribution is 0.328. The number of benzene rings is 2. The molecule has 0 fully saturated rings. The first-order valence-electron chi connectivity index (χ1n) is 8.62. The van der Waals surface area contributed by atoms with Gasteiger partial charge in [0.1, 0.15) is 0 Å². The molecule has 2 N–H and O–H groups in total. The normalized spacial score (nSPS) is 19.1. The maximum Gasteiger partial charge on any atom is 0.297 e. The summed E-state index contributed by atoms with van der Waals surface area (Å²) in [4.78, 5) is 0. The molecule has 2 aliphatic heterocycles. The second kappa shape index (κ2) is 6.99. The van der Waals surface area contributed by atoms with E-state index in [0.717, 1.165) is 15.5 Å². The molecule has 0 aliphatic carbocycles. The largest absolute Gasteiger partial charge is 0.298 e. The van der Waals surface area contributed by atoms with E-state index in [1.165, 1.54) is 11.2 Å². The maximum absolute atomic E-state index is 13.0. The average molecular weight is 394 g/mol. The molecule has 0 spiro atoms. The van der Waals surface area contributed by atoms with Crippen molar-refractivity contribution in [2.45, 2.75) is 5.92 Å². The van der Waals surface area contributed by atoms with Gasteiger partial charge in [0.25, 0.3) is 10.0 Å².